The van der Waals surface area contributed by atoms with Gasteiger partial charge in [0.2, 0.25) is 5.91 Å². The van der Waals surface area contributed by atoms with Crippen molar-refractivity contribution in [1.29, 1.82) is 0 Å². The number of hydrogen-bond donors (Lipinski definition) is 0. The van der Waals surface area contributed by atoms with E-state index in [-0.39, 0.29) is 12.3 Å². The van der Waals surface area contributed by atoms with Gasteiger partial charge in [0, 0.05) is 31.0 Å². The Bertz CT molecular complexity index is 835. The number of nitrogens with zero attached hydrogens (tertiary/aromatic N) is 1. The van der Waals surface area contributed by atoms with Gasteiger partial charge in [-0.05, 0) is 49.2 Å². The summed E-state index contributed by atoms with van der Waals surface area (Å²) in [5.74, 6) is 0.225. The lowest BCUT2D eigenvalue weighted by molar-refractivity contribution is -0.149. The zero-order valence-electron chi connectivity index (χ0n) is 15.8. The molecular formula is C22H22F3NO3. The molecule has 1 heterocycles. The number of carbonyl (C=O) groups is 2. The van der Waals surface area contributed by atoms with Gasteiger partial charge in [0.25, 0.3) is 0 Å². The van der Waals surface area contributed by atoms with E-state index in [0.29, 0.717) is 36.4 Å². The third kappa shape index (κ3) is 6.07. The Morgan fingerprint density at radius 1 is 1.00 bits per heavy atom. The van der Waals surface area contributed by atoms with E-state index in [1.165, 1.54) is 4.90 Å². The molecule has 0 radical (unpaired) electrons. The summed E-state index contributed by atoms with van der Waals surface area (Å²) in [5.41, 5.74) is 0.500. The molecule has 0 saturated carbocycles. The molecule has 7 heteroatoms. The Morgan fingerprint density at radius 2 is 1.66 bits per heavy atom. The first-order valence-corrected chi connectivity index (χ1v) is 9.53. The number of rotatable bonds is 6. The van der Waals surface area contributed by atoms with Crippen LogP contribution >= 0.6 is 0 Å². The van der Waals surface area contributed by atoms with Crippen molar-refractivity contribution in [2.75, 3.05) is 13.1 Å². The number of alkyl halides is 3. The van der Waals surface area contributed by atoms with E-state index in [4.69, 9.17) is 4.74 Å². The summed E-state index contributed by atoms with van der Waals surface area (Å²) in [6.07, 6.45) is -4.85. The minimum Gasteiger partial charge on any atom is -0.457 e. The molecule has 1 atom stereocenters. The molecule has 1 saturated heterocycles. The maximum Gasteiger partial charge on any atom is 0.389 e. The normalized spacial score (nSPS) is 17.1. The second kappa shape index (κ2) is 9.11. The fourth-order valence-corrected chi connectivity index (χ4v) is 3.37. The van der Waals surface area contributed by atoms with Crippen LogP contribution in [-0.2, 0) is 4.79 Å². The fraction of sp³-hybridized carbons (Fsp3) is 0.364. The van der Waals surface area contributed by atoms with E-state index >= 15 is 0 Å². The van der Waals surface area contributed by atoms with Crippen molar-refractivity contribution in [3.05, 3.63) is 60.2 Å². The fourth-order valence-electron chi connectivity index (χ4n) is 3.37. The Morgan fingerprint density at radius 3 is 2.31 bits per heavy atom. The molecule has 0 N–H and O–H groups in total. The first kappa shape index (κ1) is 20.9. The molecule has 0 bridgehead atoms. The lowest BCUT2D eigenvalue weighted by atomic mass is 9.90. The van der Waals surface area contributed by atoms with Crippen LogP contribution in [0.3, 0.4) is 0 Å². The van der Waals surface area contributed by atoms with Gasteiger partial charge in [0.1, 0.15) is 11.5 Å². The van der Waals surface area contributed by atoms with Gasteiger partial charge < -0.3 is 9.64 Å². The average molecular weight is 405 g/mol. The number of likely N-dealkylation sites (tertiary alicyclic amines) is 1. The molecular weight excluding hydrogens is 383 g/mol. The molecule has 0 unspecified atom stereocenters. The molecule has 1 amide bonds. The molecule has 0 spiro atoms. The summed E-state index contributed by atoms with van der Waals surface area (Å²) in [6.45, 7) is 0.558. The lowest BCUT2D eigenvalue weighted by Gasteiger charge is -2.32. The predicted octanol–water partition coefficient (Wildman–Crippen LogP) is 5.24. The molecule has 1 aliphatic rings. The number of piperidine rings is 1. The standard InChI is InChI=1S/C22H22F3NO3/c23-22(24,25)13-12-20(27)26-14-4-5-17(15-26)21(28)16-8-10-19(11-9-16)29-18-6-2-1-3-7-18/h1-3,6-11,17H,4-5,12-15H2/t17-/m0/s1. The van der Waals surface area contributed by atoms with Crippen LogP contribution in [0.4, 0.5) is 13.2 Å². The lowest BCUT2D eigenvalue weighted by Crippen LogP contribution is -2.42. The number of benzene rings is 2. The summed E-state index contributed by atoms with van der Waals surface area (Å²) in [6, 6.07) is 16.0. The number of halogens is 3. The number of carbonyl (C=O) groups excluding carboxylic acids is 2. The molecule has 0 aromatic heterocycles. The highest BCUT2D eigenvalue weighted by atomic mass is 19.4. The van der Waals surface area contributed by atoms with Crippen molar-refractivity contribution in [2.45, 2.75) is 31.9 Å². The number of ether oxygens (including phenoxy) is 1. The summed E-state index contributed by atoms with van der Waals surface area (Å²) >= 11 is 0. The van der Waals surface area contributed by atoms with Crippen molar-refractivity contribution in [2.24, 2.45) is 5.92 Å². The van der Waals surface area contributed by atoms with Crippen molar-refractivity contribution in [1.82, 2.24) is 4.90 Å². The third-order valence-corrected chi connectivity index (χ3v) is 4.88. The van der Waals surface area contributed by atoms with Crippen LogP contribution in [0.2, 0.25) is 0 Å². The number of Topliss-reactive ketones (excluding diaryl/α,β-unsaturated/α-hetero) is 1. The van der Waals surface area contributed by atoms with Crippen molar-refractivity contribution >= 4 is 11.7 Å². The summed E-state index contributed by atoms with van der Waals surface area (Å²) in [4.78, 5) is 26.2. The smallest absolute Gasteiger partial charge is 0.389 e. The van der Waals surface area contributed by atoms with Crippen molar-refractivity contribution < 1.29 is 27.5 Å². The van der Waals surface area contributed by atoms with Gasteiger partial charge >= 0.3 is 6.18 Å². The number of hydrogen-bond acceptors (Lipinski definition) is 3. The van der Waals surface area contributed by atoms with Crippen LogP contribution < -0.4 is 4.74 Å². The largest absolute Gasteiger partial charge is 0.457 e. The van der Waals surface area contributed by atoms with Crippen LogP contribution in [0.25, 0.3) is 0 Å². The maximum atomic E-state index is 12.8. The van der Waals surface area contributed by atoms with E-state index in [0.717, 1.165) is 0 Å². The van der Waals surface area contributed by atoms with Gasteiger partial charge in [0.05, 0.1) is 6.42 Å². The van der Waals surface area contributed by atoms with Crippen LogP contribution in [-0.4, -0.2) is 35.9 Å². The zero-order valence-corrected chi connectivity index (χ0v) is 15.8. The molecule has 0 aliphatic carbocycles. The molecule has 2 aromatic rings. The van der Waals surface area contributed by atoms with Crippen molar-refractivity contribution in [3.63, 3.8) is 0 Å². The first-order chi connectivity index (χ1) is 13.8. The van der Waals surface area contributed by atoms with Gasteiger partial charge in [-0.3, -0.25) is 9.59 Å². The Balaban J connectivity index is 1.58. The molecule has 1 fully saturated rings. The van der Waals surface area contributed by atoms with Crippen LogP contribution in [0.1, 0.15) is 36.0 Å². The van der Waals surface area contributed by atoms with E-state index < -0.39 is 30.8 Å². The molecule has 1 aliphatic heterocycles. The van der Waals surface area contributed by atoms with Gasteiger partial charge in [-0.25, -0.2) is 0 Å². The number of ketones is 1. The molecule has 2 aromatic carbocycles. The summed E-state index contributed by atoms with van der Waals surface area (Å²) in [5, 5.41) is 0. The van der Waals surface area contributed by atoms with E-state index in [9.17, 15) is 22.8 Å². The number of para-hydroxylation sites is 1. The first-order valence-electron chi connectivity index (χ1n) is 9.53. The topological polar surface area (TPSA) is 46.6 Å². The second-order valence-corrected chi connectivity index (χ2v) is 7.10. The van der Waals surface area contributed by atoms with Crippen LogP contribution in [0.5, 0.6) is 11.5 Å². The minimum atomic E-state index is -4.36. The Kier molecular flexibility index (Phi) is 6.56. The SMILES string of the molecule is O=C(c1ccc(Oc2ccccc2)cc1)[C@H]1CCCN(C(=O)CCC(F)(F)F)C1. The third-order valence-electron chi connectivity index (χ3n) is 4.88. The van der Waals surface area contributed by atoms with Gasteiger partial charge in [-0.1, -0.05) is 18.2 Å². The van der Waals surface area contributed by atoms with Gasteiger partial charge in [0.15, 0.2) is 5.78 Å². The summed E-state index contributed by atoms with van der Waals surface area (Å²) < 4.78 is 42.7. The maximum absolute atomic E-state index is 12.8. The highest BCUT2D eigenvalue weighted by Gasteiger charge is 2.32. The zero-order chi connectivity index (χ0) is 20.9. The predicted molar refractivity (Wildman–Crippen MR) is 102 cm³/mol. The minimum absolute atomic E-state index is 0.107. The van der Waals surface area contributed by atoms with E-state index in [2.05, 4.69) is 0 Å². The highest BCUT2D eigenvalue weighted by molar-refractivity contribution is 5.98. The molecule has 4 nitrogen and oxygen atoms in total. The molecule has 3 rings (SSSR count). The van der Waals surface area contributed by atoms with Gasteiger partial charge in [-0.15, -0.1) is 0 Å². The summed E-state index contributed by atoms with van der Waals surface area (Å²) in [7, 11) is 0. The van der Waals surface area contributed by atoms with E-state index in [1.54, 1.807) is 24.3 Å². The van der Waals surface area contributed by atoms with Crippen LogP contribution in [0, 0.1) is 5.92 Å². The molecule has 154 valence electrons. The average Bonchev–Trinajstić information content (AvgIpc) is 2.72. The Labute approximate surface area is 167 Å². The number of amides is 1. The van der Waals surface area contributed by atoms with Gasteiger partial charge in [-0.2, -0.15) is 13.2 Å². The monoisotopic (exact) mass is 405 g/mol. The Hall–Kier alpha value is -2.83. The quantitative estimate of drug-likeness (QED) is 0.618. The molecule has 29 heavy (non-hydrogen) atoms. The highest BCUT2D eigenvalue weighted by Crippen LogP contribution is 2.26. The van der Waals surface area contributed by atoms with E-state index in [1.807, 2.05) is 30.3 Å². The van der Waals surface area contributed by atoms with Crippen LogP contribution in [0.15, 0.2) is 54.6 Å². The van der Waals surface area contributed by atoms with Crippen molar-refractivity contribution in [3.8, 4) is 11.5 Å². The second-order valence-electron chi connectivity index (χ2n) is 7.10.